The van der Waals surface area contributed by atoms with Crippen molar-refractivity contribution in [2.24, 2.45) is 0 Å². The van der Waals surface area contributed by atoms with Crippen LogP contribution in [0.4, 0.5) is 0 Å². The number of carbonyl (C=O) groups excluding carboxylic acids is 1. The molecule has 0 spiro atoms. The van der Waals surface area contributed by atoms with Crippen molar-refractivity contribution in [2.45, 2.75) is 26.0 Å². The fourth-order valence-corrected chi connectivity index (χ4v) is 3.06. The SMILES string of the molecule is Cc1ccc(CN2CC(CCN(C)C)Oc3ccccc3C2=O)cc1. The Morgan fingerprint density at radius 3 is 2.56 bits per heavy atom. The molecular weight excluding hydrogens is 312 g/mol. The standard InChI is InChI=1S/C21H26N2O2/c1-16-8-10-17(11-9-16)14-23-15-18(12-13-22(2)3)25-20-7-5-4-6-19(20)21(23)24/h4-11,18H,12-15H2,1-3H3. The molecule has 1 aliphatic rings. The van der Waals surface area contributed by atoms with E-state index in [0.717, 1.165) is 18.5 Å². The van der Waals surface area contributed by atoms with E-state index in [4.69, 9.17) is 4.74 Å². The van der Waals surface area contributed by atoms with E-state index < -0.39 is 0 Å². The number of para-hydroxylation sites is 1. The minimum absolute atomic E-state index is 0.000415. The molecule has 1 aliphatic heterocycles. The maximum Gasteiger partial charge on any atom is 0.258 e. The van der Waals surface area contributed by atoms with Crippen molar-refractivity contribution in [3.8, 4) is 5.75 Å². The largest absolute Gasteiger partial charge is 0.488 e. The molecule has 0 bridgehead atoms. The summed E-state index contributed by atoms with van der Waals surface area (Å²) in [7, 11) is 4.11. The summed E-state index contributed by atoms with van der Waals surface area (Å²) in [6, 6.07) is 15.9. The Kier molecular flexibility index (Phi) is 5.39. The Balaban J connectivity index is 1.84. The third-order valence-electron chi connectivity index (χ3n) is 4.51. The molecule has 25 heavy (non-hydrogen) atoms. The van der Waals surface area contributed by atoms with Crippen molar-refractivity contribution in [1.82, 2.24) is 9.80 Å². The Hall–Kier alpha value is -2.33. The molecule has 0 aromatic heterocycles. The predicted molar refractivity (Wildman–Crippen MR) is 99.9 cm³/mol. The van der Waals surface area contributed by atoms with Crippen molar-refractivity contribution < 1.29 is 9.53 Å². The quantitative estimate of drug-likeness (QED) is 0.838. The van der Waals surface area contributed by atoms with Crippen molar-refractivity contribution in [1.29, 1.82) is 0 Å². The van der Waals surface area contributed by atoms with Crippen LogP contribution in [0.3, 0.4) is 0 Å². The van der Waals surface area contributed by atoms with Crippen LogP contribution in [-0.2, 0) is 6.54 Å². The molecule has 1 amide bonds. The number of amides is 1. The Labute approximate surface area is 150 Å². The van der Waals surface area contributed by atoms with Gasteiger partial charge in [0.2, 0.25) is 0 Å². The van der Waals surface area contributed by atoms with Crippen LogP contribution in [0, 0.1) is 6.92 Å². The summed E-state index contributed by atoms with van der Waals surface area (Å²) >= 11 is 0. The first-order chi connectivity index (χ1) is 12.0. The van der Waals surface area contributed by atoms with Crippen LogP contribution in [0.2, 0.25) is 0 Å². The number of hydrogen-bond acceptors (Lipinski definition) is 3. The summed E-state index contributed by atoms with van der Waals surface area (Å²) in [4.78, 5) is 17.1. The number of benzene rings is 2. The molecule has 2 aromatic carbocycles. The predicted octanol–water partition coefficient (Wildman–Crippen LogP) is 3.35. The molecule has 0 saturated carbocycles. The average molecular weight is 338 g/mol. The monoisotopic (exact) mass is 338 g/mol. The first kappa shape index (κ1) is 17.5. The van der Waals surface area contributed by atoms with Crippen LogP contribution in [0.1, 0.15) is 27.9 Å². The van der Waals surface area contributed by atoms with E-state index in [1.54, 1.807) is 0 Å². The maximum absolute atomic E-state index is 13.0. The van der Waals surface area contributed by atoms with Gasteiger partial charge in [0.15, 0.2) is 0 Å². The van der Waals surface area contributed by atoms with Crippen LogP contribution in [0.25, 0.3) is 0 Å². The fourth-order valence-electron chi connectivity index (χ4n) is 3.06. The smallest absolute Gasteiger partial charge is 0.258 e. The number of carbonyl (C=O) groups is 1. The number of aryl methyl sites for hydroxylation is 1. The van der Waals surface area contributed by atoms with Gasteiger partial charge in [-0.2, -0.15) is 0 Å². The van der Waals surface area contributed by atoms with E-state index in [1.807, 2.05) is 29.2 Å². The molecule has 0 saturated heterocycles. The van der Waals surface area contributed by atoms with Crippen LogP contribution in [-0.4, -0.2) is 49.0 Å². The average Bonchev–Trinajstić information content (AvgIpc) is 2.73. The molecule has 0 aliphatic carbocycles. The van der Waals surface area contributed by atoms with Crippen LogP contribution in [0.15, 0.2) is 48.5 Å². The summed E-state index contributed by atoms with van der Waals surface area (Å²) < 4.78 is 6.18. The molecule has 1 unspecified atom stereocenters. The lowest BCUT2D eigenvalue weighted by atomic mass is 10.1. The summed E-state index contributed by atoms with van der Waals surface area (Å²) in [5, 5.41) is 0. The van der Waals surface area contributed by atoms with Crippen molar-refractivity contribution >= 4 is 5.91 Å². The first-order valence-electron chi connectivity index (χ1n) is 8.78. The molecule has 0 N–H and O–H groups in total. The van der Waals surface area contributed by atoms with Crippen molar-refractivity contribution in [3.63, 3.8) is 0 Å². The van der Waals surface area contributed by atoms with Gasteiger partial charge in [-0.25, -0.2) is 0 Å². The van der Waals surface area contributed by atoms with Gasteiger partial charge in [-0.1, -0.05) is 42.0 Å². The number of nitrogens with zero attached hydrogens (tertiary/aromatic N) is 2. The van der Waals surface area contributed by atoms with Crippen LogP contribution >= 0.6 is 0 Å². The Bertz CT molecular complexity index is 725. The third-order valence-corrected chi connectivity index (χ3v) is 4.51. The van der Waals surface area contributed by atoms with E-state index in [2.05, 4.69) is 50.2 Å². The lowest BCUT2D eigenvalue weighted by molar-refractivity contribution is 0.0682. The summed E-state index contributed by atoms with van der Waals surface area (Å²) in [5.74, 6) is 0.742. The van der Waals surface area contributed by atoms with Gasteiger partial charge in [-0.15, -0.1) is 0 Å². The van der Waals surface area contributed by atoms with Crippen LogP contribution in [0.5, 0.6) is 5.75 Å². The van der Waals surface area contributed by atoms with Gasteiger partial charge < -0.3 is 14.5 Å². The van der Waals surface area contributed by atoms with Crippen molar-refractivity contribution in [2.75, 3.05) is 27.2 Å². The number of fused-ring (bicyclic) bond motifs is 1. The van der Waals surface area contributed by atoms with E-state index in [1.165, 1.54) is 5.56 Å². The number of hydrogen-bond donors (Lipinski definition) is 0. The second-order valence-electron chi connectivity index (χ2n) is 7.00. The Morgan fingerprint density at radius 2 is 1.84 bits per heavy atom. The highest BCUT2D eigenvalue weighted by atomic mass is 16.5. The number of ether oxygens (including phenoxy) is 1. The highest BCUT2D eigenvalue weighted by Gasteiger charge is 2.28. The van der Waals surface area contributed by atoms with Gasteiger partial charge in [0.05, 0.1) is 12.1 Å². The van der Waals surface area contributed by atoms with E-state index in [9.17, 15) is 4.79 Å². The van der Waals surface area contributed by atoms with Gasteiger partial charge in [-0.3, -0.25) is 4.79 Å². The topological polar surface area (TPSA) is 32.8 Å². The molecule has 3 rings (SSSR count). The van der Waals surface area contributed by atoms with Gasteiger partial charge in [0.25, 0.3) is 5.91 Å². The molecule has 4 nitrogen and oxygen atoms in total. The highest BCUT2D eigenvalue weighted by Crippen LogP contribution is 2.26. The lowest BCUT2D eigenvalue weighted by Gasteiger charge is -2.25. The number of rotatable bonds is 5. The van der Waals surface area contributed by atoms with E-state index in [0.29, 0.717) is 24.4 Å². The molecule has 2 aromatic rings. The molecule has 1 atom stereocenters. The molecular formula is C21H26N2O2. The lowest BCUT2D eigenvalue weighted by Crippen LogP contribution is -2.37. The van der Waals surface area contributed by atoms with Gasteiger partial charge >= 0.3 is 0 Å². The maximum atomic E-state index is 13.0. The first-order valence-corrected chi connectivity index (χ1v) is 8.78. The summed E-state index contributed by atoms with van der Waals surface area (Å²) in [6.07, 6.45) is 0.888. The highest BCUT2D eigenvalue weighted by molar-refractivity contribution is 5.97. The molecule has 0 radical (unpaired) electrons. The van der Waals surface area contributed by atoms with E-state index >= 15 is 0 Å². The van der Waals surface area contributed by atoms with Gasteiger partial charge in [0.1, 0.15) is 11.9 Å². The minimum Gasteiger partial charge on any atom is -0.488 e. The van der Waals surface area contributed by atoms with E-state index in [-0.39, 0.29) is 12.0 Å². The summed E-state index contributed by atoms with van der Waals surface area (Å²) in [6.45, 7) is 4.21. The zero-order valence-electron chi connectivity index (χ0n) is 15.2. The zero-order valence-corrected chi connectivity index (χ0v) is 15.2. The fraction of sp³-hybridized carbons (Fsp3) is 0.381. The molecule has 4 heteroatoms. The normalized spacial score (nSPS) is 17.2. The van der Waals surface area contributed by atoms with Gasteiger partial charge in [0, 0.05) is 13.1 Å². The zero-order chi connectivity index (χ0) is 17.8. The summed E-state index contributed by atoms with van der Waals surface area (Å²) in [5.41, 5.74) is 3.02. The second-order valence-corrected chi connectivity index (χ2v) is 7.00. The second kappa shape index (κ2) is 7.70. The minimum atomic E-state index is 0.000415. The van der Waals surface area contributed by atoms with Crippen LogP contribution < -0.4 is 4.74 Å². The van der Waals surface area contributed by atoms with Gasteiger partial charge in [-0.05, 0) is 45.1 Å². The molecule has 132 valence electrons. The Morgan fingerprint density at radius 1 is 1.12 bits per heavy atom. The molecule has 0 fully saturated rings. The third kappa shape index (κ3) is 4.40. The molecule has 1 heterocycles. The van der Waals surface area contributed by atoms with Crippen molar-refractivity contribution in [3.05, 3.63) is 65.2 Å².